The molecule has 108 valence electrons. The molecule has 0 saturated carbocycles. The summed E-state index contributed by atoms with van der Waals surface area (Å²) < 4.78 is 5.33. The van der Waals surface area contributed by atoms with E-state index in [2.05, 4.69) is 34.5 Å². The zero-order valence-electron chi connectivity index (χ0n) is 12.2. The SMILES string of the molecule is COc1ccsc1CNCC(C)N1CCN(C)CC1. The molecule has 1 saturated heterocycles. The number of thiophene rings is 1. The van der Waals surface area contributed by atoms with Crippen molar-refractivity contribution in [3.05, 3.63) is 16.3 Å². The summed E-state index contributed by atoms with van der Waals surface area (Å²) in [5.41, 5.74) is 0. The van der Waals surface area contributed by atoms with Crippen molar-refractivity contribution < 1.29 is 4.74 Å². The lowest BCUT2D eigenvalue weighted by Crippen LogP contribution is -2.50. The molecule has 0 bridgehead atoms. The zero-order valence-corrected chi connectivity index (χ0v) is 13.0. The maximum absolute atomic E-state index is 5.33. The van der Waals surface area contributed by atoms with Gasteiger partial charge in [-0.15, -0.1) is 11.3 Å². The number of nitrogens with zero attached hydrogens (tertiary/aromatic N) is 2. The fourth-order valence-electron chi connectivity index (χ4n) is 2.43. The Balaban J connectivity index is 1.70. The van der Waals surface area contributed by atoms with E-state index in [0.717, 1.165) is 18.8 Å². The minimum absolute atomic E-state index is 0.597. The van der Waals surface area contributed by atoms with Gasteiger partial charge >= 0.3 is 0 Å². The first-order valence-electron chi connectivity index (χ1n) is 6.94. The number of nitrogens with one attached hydrogen (secondary N) is 1. The molecule has 1 aromatic heterocycles. The highest BCUT2D eigenvalue weighted by atomic mass is 32.1. The molecule has 1 fully saturated rings. The summed E-state index contributed by atoms with van der Waals surface area (Å²) in [6.07, 6.45) is 0. The maximum Gasteiger partial charge on any atom is 0.134 e. The molecule has 0 spiro atoms. The van der Waals surface area contributed by atoms with Gasteiger partial charge in [-0.05, 0) is 25.4 Å². The van der Waals surface area contributed by atoms with Gasteiger partial charge in [0.15, 0.2) is 0 Å². The van der Waals surface area contributed by atoms with Crippen molar-refractivity contribution in [1.29, 1.82) is 0 Å². The third-order valence-corrected chi connectivity index (χ3v) is 4.71. The highest BCUT2D eigenvalue weighted by Crippen LogP contribution is 2.23. The first kappa shape index (κ1) is 14.8. The molecule has 1 aliphatic heterocycles. The molecule has 1 atom stereocenters. The van der Waals surface area contributed by atoms with Gasteiger partial charge in [0.25, 0.3) is 0 Å². The van der Waals surface area contributed by atoms with Crippen LogP contribution in [0.5, 0.6) is 5.75 Å². The molecule has 4 nitrogen and oxygen atoms in total. The van der Waals surface area contributed by atoms with Crippen LogP contribution in [-0.2, 0) is 6.54 Å². The van der Waals surface area contributed by atoms with Crippen molar-refractivity contribution in [2.24, 2.45) is 0 Å². The van der Waals surface area contributed by atoms with Crippen molar-refractivity contribution in [3.8, 4) is 5.75 Å². The quantitative estimate of drug-likeness (QED) is 0.856. The number of hydrogen-bond acceptors (Lipinski definition) is 5. The van der Waals surface area contributed by atoms with Crippen LogP contribution in [0.2, 0.25) is 0 Å². The van der Waals surface area contributed by atoms with Crippen LogP contribution in [0.15, 0.2) is 11.4 Å². The van der Waals surface area contributed by atoms with Gasteiger partial charge < -0.3 is 15.0 Å². The van der Waals surface area contributed by atoms with E-state index in [0.29, 0.717) is 6.04 Å². The second-order valence-electron chi connectivity index (χ2n) is 5.23. The summed E-state index contributed by atoms with van der Waals surface area (Å²) in [4.78, 5) is 6.25. The molecule has 0 amide bonds. The lowest BCUT2D eigenvalue weighted by molar-refractivity contribution is 0.118. The number of methoxy groups -OCH3 is 1. The molecular weight excluding hydrogens is 258 g/mol. The standard InChI is InChI=1S/C14H25N3OS/c1-12(17-7-5-16(2)6-8-17)10-15-11-14-13(18-3)4-9-19-14/h4,9,12,15H,5-8,10-11H2,1-3H3. The summed E-state index contributed by atoms with van der Waals surface area (Å²) in [6, 6.07) is 2.63. The van der Waals surface area contributed by atoms with Crippen LogP contribution in [0.25, 0.3) is 0 Å². The molecule has 2 heterocycles. The molecule has 19 heavy (non-hydrogen) atoms. The topological polar surface area (TPSA) is 27.7 Å². The highest BCUT2D eigenvalue weighted by molar-refractivity contribution is 7.10. The molecule has 1 aliphatic rings. The van der Waals surface area contributed by atoms with E-state index in [1.807, 2.05) is 6.07 Å². The van der Waals surface area contributed by atoms with Crippen molar-refractivity contribution >= 4 is 11.3 Å². The molecular formula is C14H25N3OS. The van der Waals surface area contributed by atoms with Crippen LogP contribution in [0.3, 0.4) is 0 Å². The third kappa shape index (κ3) is 4.18. The number of likely N-dealkylation sites (N-methyl/N-ethyl adjacent to an activating group) is 1. The number of rotatable bonds is 6. The van der Waals surface area contributed by atoms with E-state index in [1.54, 1.807) is 18.4 Å². The van der Waals surface area contributed by atoms with Crippen LogP contribution < -0.4 is 10.1 Å². The molecule has 0 aromatic carbocycles. The van der Waals surface area contributed by atoms with Crippen molar-refractivity contribution in [1.82, 2.24) is 15.1 Å². The van der Waals surface area contributed by atoms with Gasteiger partial charge in [0.05, 0.1) is 12.0 Å². The molecule has 0 radical (unpaired) electrons. The Morgan fingerprint density at radius 1 is 1.37 bits per heavy atom. The van der Waals surface area contributed by atoms with Gasteiger partial charge in [0.2, 0.25) is 0 Å². The molecule has 1 aromatic rings. The van der Waals surface area contributed by atoms with Gasteiger partial charge in [-0.3, -0.25) is 4.90 Å². The van der Waals surface area contributed by atoms with Crippen LogP contribution in [0, 0.1) is 0 Å². The van der Waals surface area contributed by atoms with Crippen molar-refractivity contribution in [2.45, 2.75) is 19.5 Å². The first-order valence-corrected chi connectivity index (χ1v) is 7.82. The monoisotopic (exact) mass is 283 g/mol. The van der Waals surface area contributed by atoms with Crippen LogP contribution in [0.4, 0.5) is 0 Å². The lowest BCUT2D eigenvalue weighted by atomic mass is 10.2. The Kier molecular flexibility index (Phi) is 5.63. The Hall–Kier alpha value is -0.620. The number of piperazine rings is 1. The Morgan fingerprint density at radius 2 is 2.11 bits per heavy atom. The van der Waals surface area contributed by atoms with E-state index >= 15 is 0 Å². The third-order valence-electron chi connectivity index (χ3n) is 3.81. The first-order chi connectivity index (χ1) is 9.20. The Bertz CT molecular complexity index is 375. The summed E-state index contributed by atoms with van der Waals surface area (Å²) in [5.74, 6) is 1.00. The van der Waals surface area contributed by atoms with Gasteiger partial charge in [-0.2, -0.15) is 0 Å². The number of hydrogen-bond donors (Lipinski definition) is 1. The molecule has 1 N–H and O–H groups in total. The number of ether oxygens (including phenoxy) is 1. The van der Waals surface area contributed by atoms with E-state index in [1.165, 1.54) is 31.1 Å². The summed E-state index contributed by atoms with van der Waals surface area (Å²) >= 11 is 1.75. The minimum atomic E-state index is 0.597. The van der Waals surface area contributed by atoms with Crippen LogP contribution >= 0.6 is 11.3 Å². The Labute approximate surface area is 120 Å². The normalized spacial score (nSPS) is 19.5. The lowest BCUT2D eigenvalue weighted by Gasteiger charge is -2.36. The zero-order chi connectivity index (χ0) is 13.7. The summed E-state index contributed by atoms with van der Waals surface area (Å²) in [6.45, 7) is 8.98. The maximum atomic E-state index is 5.33. The van der Waals surface area contributed by atoms with Crippen LogP contribution in [0.1, 0.15) is 11.8 Å². The second kappa shape index (κ2) is 7.24. The van der Waals surface area contributed by atoms with E-state index in [4.69, 9.17) is 4.74 Å². The van der Waals surface area contributed by atoms with Crippen LogP contribution in [-0.4, -0.2) is 62.7 Å². The molecule has 5 heteroatoms. The van der Waals surface area contributed by atoms with Crippen molar-refractivity contribution in [2.75, 3.05) is 46.9 Å². The van der Waals surface area contributed by atoms with Gasteiger partial charge in [0, 0.05) is 45.3 Å². The average Bonchev–Trinajstić information content (AvgIpc) is 2.87. The van der Waals surface area contributed by atoms with Crippen molar-refractivity contribution in [3.63, 3.8) is 0 Å². The van der Waals surface area contributed by atoms with Gasteiger partial charge in [-0.1, -0.05) is 0 Å². The van der Waals surface area contributed by atoms with Gasteiger partial charge in [0.1, 0.15) is 5.75 Å². The highest BCUT2D eigenvalue weighted by Gasteiger charge is 2.18. The largest absolute Gasteiger partial charge is 0.496 e. The molecule has 0 aliphatic carbocycles. The molecule has 2 rings (SSSR count). The van der Waals surface area contributed by atoms with E-state index < -0.39 is 0 Å². The van der Waals surface area contributed by atoms with Gasteiger partial charge in [-0.25, -0.2) is 0 Å². The van der Waals surface area contributed by atoms with E-state index in [-0.39, 0.29) is 0 Å². The fraction of sp³-hybridized carbons (Fsp3) is 0.714. The predicted molar refractivity (Wildman–Crippen MR) is 81.1 cm³/mol. The average molecular weight is 283 g/mol. The Morgan fingerprint density at radius 3 is 2.79 bits per heavy atom. The fourth-order valence-corrected chi connectivity index (χ4v) is 3.23. The predicted octanol–water partition coefficient (Wildman–Crippen LogP) is 1.48. The smallest absolute Gasteiger partial charge is 0.134 e. The molecule has 1 unspecified atom stereocenters. The van der Waals surface area contributed by atoms with E-state index in [9.17, 15) is 0 Å². The summed E-state index contributed by atoms with van der Waals surface area (Å²) in [5, 5.41) is 5.63. The minimum Gasteiger partial charge on any atom is -0.496 e. The second-order valence-corrected chi connectivity index (χ2v) is 6.23. The summed E-state index contributed by atoms with van der Waals surface area (Å²) in [7, 11) is 3.93.